The second kappa shape index (κ2) is 7.29. The van der Waals surface area contributed by atoms with E-state index < -0.39 is 0 Å². The Balaban J connectivity index is 1.60. The normalized spacial score (nSPS) is 18.0. The number of carbonyl (C=O) groups excluding carboxylic acids is 2. The standard InChI is InChI=1S/C16H23N5O2S/c1-10-12(15(23)21-8-3-2-4-9-21)19-20-13(10)17-16(24)18-14(22)11-6-5-7-11/h11H,2-9H2,1H3,(H3,17,18,19,20,22,24). The summed E-state index contributed by atoms with van der Waals surface area (Å²) in [5, 5.41) is 12.8. The van der Waals surface area contributed by atoms with Crippen LogP contribution in [0, 0.1) is 12.8 Å². The summed E-state index contributed by atoms with van der Waals surface area (Å²) >= 11 is 5.17. The minimum absolute atomic E-state index is 0.0304. The van der Waals surface area contributed by atoms with Crippen LogP contribution in [0.1, 0.15) is 54.6 Å². The summed E-state index contributed by atoms with van der Waals surface area (Å²) in [7, 11) is 0. The number of hydrogen-bond donors (Lipinski definition) is 3. The van der Waals surface area contributed by atoms with E-state index in [0.717, 1.165) is 45.2 Å². The maximum atomic E-state index is 12.6. The Morgan fingerprint density at radius 1 is 1.21 bits per heavy atom. The van der Waals surface area contributed by atoms with Gasteiger partial charge in [-0.3, -0.25) is 14.7 Å². The number of anilines is 1. The summed E-state index contributed by atoms with van der Waals surface area (Å²) in [5.74, 6) is 0.476. The summed E-state index contributed by atoms with van der Waals surface area (Å²) in [6.45, 7) is 3.39. The second-order valence-corrected chi connectivity index (χ2v) is 6.90. The topological polar surface area (TPSA) is 90.1 Å². The fourth-order valence-electron chi connectivity index (χ4n) is 3.01. The molecular weight excluding hydrogens is 326 g/mol. The van der Waals surface area contributed by atoms with Gasteiger partial charge < -0.3 is 15.5 Å². The Labute approximate surface area is 146 Å². The monoisotopic (exact) mass is 349 g/mol. The molecule has 1 aliphatic carbocycles. The molecule has 0 unspecified atom stereocenters. The van der Waals surface area contributed by atoms with Crippen LogP contribution >= 0.6 is 12.2 Å². The van der Waals surface area contributed by atoms with Crippen LogP contribution in [-0.2, 0) is 4.79 Å². The van der Waals surface area contributed by atoms with Gasteiger partial charge in [-0.1, -0.05) is 6.42 Å². The number of hydrogen-bond acceptors (Lipinski definition) is 4. The molecular formula is C16H23N5O2S. The maximum Gasteiger partial charge on any atom is 0.272 e. The van der Waals surface area contributed by atoms with Crippen molar-refractivity contribution in [2.75, 3.05) is 18.4 Å². The van der Waals surface area contributed by atoms with Crippen molar-refractivity contribution in [2.24, 2.45) is 5.92 Å². The Morgan fingerprint density at radius 2 is 1.92 bits per heavy atom. The predicted molar refractivity (Wildman–Crippen MR) is 94.8 cm³/mol. The SMILES string of the molecule is Cc1c(NC(=S)NC(=O)C2CCC2)n[nH]c1C(=O)N1CCCCC1. The number of aromatic amines is 1. The van der Waals surface area contributed by atoms with Gasteiger partial charge >= 0.3 is 0 Å². The highest BCUT2D eigenvalue weighted by Crippen LogP contribution is 2.26. The minimum atomic E-state index is -0.0449. The third-order valence-corrected chi connectivity index (χ3v) is 5.02. The van der Waals surface area contributed by atoms with Crippen molar-refractivity contribution in [1.82, 2.24) is 20.4 Å². The molecule has 0 atom stereocenters. The first-order chi connectivity index (χ1) is 11.6. The average molecular weight is 349 g/mol. The highest BCUT2D eigenvalue weighted by atomic mass is 32.1. The molecule has 0 aromatic carbocycles. The summed E-state index contributed by atoms with van der Waals surface area (Å²) in [5.41, 5.74) is 1.19. The van der Waals surface area contributed by atoms with Gasteiger partial charge in [-0.2, -0.15) is 5.10 Å². The zero-order valence-corrected chi connectivity index (χ0v) is 14.7. The van der Waals surface area contributed by atoms with Crippen molar-refractivity contribution in [3.8, 4) is 0 Å². The molecule has 0 radical (unpaired) electrons. The molecule has 2 amide bonds. The molecule has 130 valence electrons. The molecule has 3 N–H and O–H groups in total. The van der Waals surface area contributed by atoms with Crippen molar-refractivity contribution in [2.45, 2.75) is 45.4 Å². The minimum Gasteiger partial charge on any atom is -0.337 e. The van der Waals surface area contributed by atoms with E-state index >= 15 is 0 Å². The number of thiocarbonyl (C=S) groups is 1. The van der Waals surface area contributed by atoms with Crippen LogP contribution < -0.4 is 10.6 Å². The maximum absolute atomic E-state index is 12.6. The molecule has 24 heavy (non-hydrogen) atoms. The summed E-state index contributed by atoms with van der Waals surface area (Å²) < 4.78 is 0. The first-order valence-electron chi connectivity index (χ1n) is 8.52. The number of likely N-dealkylation sites (tertiary alicyclic amines) is 1. The van der Waals surface area contributed by atoms with Gasteiger partial charge in [-0.15, -0.1) is 0 Å². The zero-order valence-electron chi connectivity index (χ0n) is 13.9. The molecule has 1 aromatic rings. The molecule has 1 saturated carbocycles. The molecule has 1 saturated heterocycles. The Morgan fingerprint density at radius 3 is 2.54 bits per heavy atom. The van der Waals surface area contributed by atoms with E-state index in [9.17, 15) is 9.59 Å². The zero-order chi connectivity index (χ0) is 17.1. The number of aromatic nitrogens is 2. The van der Waals surface area contributed by atoms with Crippen LogP contribution in [0.3, 0.4) is 0 Å². The molecule has 7 nitrogen and oxygen atoms in total. The first-order valence-corrected chi connectivity index (χ1v) is 8.93. The fraction of sp³-hybridized carbons (Fsp3) is 0.625. The van der Waals surface area contributed by atoms with Crippen LogP contribution in [0.2, 0.25) is 0 Å². The summed E-state index contributed by atoms with van der Waals surface area (Å²) in [6.07, 6.45) is 6.20. The Bertz CT molecular complexity index is 647. The molecule has 2 fully saturated rings. The summed E-state index contributed by atoms with van der Waals surface area (Å²) in [6, 6.07) is 0. The molecule has 0 bridgehead atoms. The van der Waals surface area contributed by atoms with Crippen LogP contribution in [-0.4, -0.2) is 45.1 Å². The van der Waals surface area contributed by atoms with E-state index in [-0.39, 0.29) is 22.8 Å². The number of nitrogens with zero attached hydrogens (tertiary/aromatic N) is 2. The van der Waals surface area contributed by atoms with Crippen molar-refractivity contribution in [3.63, 3.8) is 0 Å². The number of piperidine rings is 1. The molecule has 2 heterocycles. The summed E-state index contributed by atoms with van der Waals surface area (Å²) in [4.78, 5) is 26.3. The third-order valence-electron chi connectivity index (χ3n) is 4.81. The van der Waals surface area contributed by atoms with Crippen molar-refractivity contribution >= 4 is 35.0 Å². The Hall–Kier alpha value is -1.96. The quantitative estimate of drug-likeness (QED) is 0.726. The van der Waals surface area contributed by atoms with E-state index in [4.69, 9.17) is 12.2 Å². The Kier molecular flexibility index (Phi) is 5.13. The average Bonchev–Trinajstić information content (AvgIpc) is 2.86. The van der Waals surface area contributed by atoms with E-state index in [1.54, 1.807) is 0 Å². The van der Waals surface area contributed by atoms with E-state index in [1.165, 1.54) is 6.42 Å². The lowest BCUT2D eigenvalue weighted by Crippen LogP contribution is -2.40. The fourth-order valence-corrected chi connectivity index (χ4v) is 3.20. The van der Waals surface area contributed by atoms with Crippen molar-refractivity contribution in [3.05, 3.63) is 11.3 Å². The lowest BCUT2D eigenvalue weighted by molar-refractivity contribution is -0.125. The van der Waals surface area contributed by atoms with Gasteiger partial charge in [0.1, 0.15) is 5.69 Å². The molecule has 1 aliphatic heterocycles. The first kappa shape index (κ1) is 16.9. The van der Waals surface area contributed by atoms with Gasteiger partial charge in [-0.25, -0.2) is 0 Å². The lowest BCUT2D eigenvalue weighted by Gasteiger charge is -2.26. The van der Waals surface area contributed by atoms with Crippen LogP contribution in [0.5, 0.6) is 0 Å². The van der Waals surface area contributed by atoms with E-state index in [2.05, 4.69) is 20.8 Å². The molecule has 3 rings (SSSR count). The number of carbonyl (C=O) groups is 2. The van der Waals surface area contributed by atoms with Gasteiger partial charge in [0.15, 0.2) is 10.9 Å². The van der Waals surface area contributed by atoms with E-state index in [0.29, 0.717) is 17.1 Å². The van der Waals surface area contributed by atoms with E-state index in [1.807, 2.05) is 11.8 Å². The van der Waals surface area contributed by atoms with Gasteiger partial charge in [0.2, 0.25) is 5.91 Å². The highest BCUT2D eigenvalue weighted by molar-refractivity contribution is 7.80. The van der Waals surface area contributed by atoms with Crippen LogP contribution in [0.25, 0.3) is 0 Å². The highest BCUT2D eigenvalue weighted by Gasteiger charge is 2.26. The predicted octanol–water partition coefficient (Wildman–Crippen LogP) is 1.96. The van der Waals surface area contributed by atoms with Gasteiger partial charge in [0.05, 0.1) is 0 Å². The smallest absolute Gasteiger partial charge is 0.272 e. The van der Waals surface area contributed by atoms with Crippen LogP contribution in [0.4, 0.5) is 5.82 Å². The molecule has 0 spiro atoms. The van der Waals surface area contributed by atoms with Crippen molar-refractivity contribution in [1.29, 1.82) is 0 Å². The van der Waals surface area contributed by atoms with Gasteiger partial charge in [0, 0.05) is 24.6 Å². The molecule has 2 aliphatic rings. The second-order valence-electron chi connectivity index (χ2n) is 6.50. The number of rotatable bonds is 3. The number of H-pyrrole nitrogens is 1. The third kappa shape index (κ3) is 3.58. The molecule has 1 aromatic heterocycles. The molecule has 8 heteroatoms. The van der Waals surface area contributed by atoms with Crippen molar-refractivity contribution < 1.29 is 9.59 Å². The van der Waals surface area contributed by atoms with Gasteiger partial charge in [0.25, 0.3) is 5.91 Å². The lowest BCUT2D eigenvalue weighted by atomic mass is 9.85. The van der Waals surface area contributed by atoms with Gasteiger partial charge in [-0.05, 0) is 51.2 Å². The number of nitrogens with one attached hydrogen (secondary N) is 3. The largest absolute Gasteiger partial charge is 0.337 e. The number of amides is 2. The van der Waals surface area contributed by atoms with Crippen LogP contribution in [0.15, 0.2) is 0 Å².